The molecule has 0 aliphatic heterocycles. The summed E-state index contributed by atoms with van der Waals surface area (Å²) in [5, 5.41) is 0. The highest BCUT2D eigenvalue weighted by molar-refractivity contribution is 5.57. The molecule has 0 N–H and O–H groups in total. The molecule has 0 saturated heterocycles. The zero-order valence-corrected chi connectivity index (χ0v) is 15.3. The van der Waals surface area contributed by atoms with E-state index in [0.29, 0.717) is 6.42 Å². The monoisotopic (exact) mass is 367 g/mol. The molecule has 2 aromatic rings. The van der Waals surface area contributed by atoms with Gasteiger partial charge in [-0.3, -0.25) is 0 Å². The lowest BCUT2D eigenvalue weighted by Gasteiger charge is -2.20. The predicted molar refractivity (Wildman–Crippen MR) is 95.9 cm³/mol. The molecule has 0 radical (unpaired) electrons. The van der Waals surface area contributed by atoms with Crippen LogP contribution in [0, 0.1) is 0 Å². The molecule has 7 heteroatoms. The minimum atomic E-state index is -4.56. The summed E-state index contributed by atoms with van der Waals surface area (Å²) in [5.74, 6) is -0.266. The van der Waals surface area contributed by atoms with Crippen LogP contribution in [0.5, 0.6) is 5.88 Å². The number of halogens is 3. The molecule has 0 amide bonds. The smallest absolute Gasteiger partial charge is 0.423 e. The van der Waals surface area contributed by atoms with E-state index < -0.39 is 17.6 Å². The van der Waals surface area contributed by atoms with Crippen molar-refractivity contribution in [1.29, 1.82) is 0 Å². The van der Waals surface area contributed by atoms with Gasteiger partial charge in [-0.05, 0) is 30.5 Å². The number of alkyl halides is 3. The van der Waals surface area contributed by atoms with E-state index in [-0.39, 0.29) is 12.6 Å². The number of unbranched alkanes of at least 4 members (excludes halogenated alkanes) is 1. The summed E-state index contributed by atoms with van der Waals surface area (Å²) in [4.78, 5) is 9.54. The minimum absolute atomic E-state index is 0.160. The Morgan fingerprint density at radius 1 is 1.08 bits per heavy atom. The van der Waals surface area contributed by atoms with Gasteiger partial charge in [-0.25, -0.2) is 4.98 Å². The van der Waals surface area contributed by atoms with Crippen LogP contribution in [0.2, 0.25) is 0 Å². The molecule has 0 fully saturated rings. The Kier molecular flexibility index (Phi) is 6.83. The van der Waals surface area contributed by atoms with Crippen LogP contribution in [0.15, 0.2) is 30.5 Å². The molecule has 2 rings (SSSR count). The predicted octanol–water partition coefficient (Wildman–Crippen LogP) is 5.39. The number of nitrogens with zero attached hydrogens (tertiary/aromatic N) is 3. The molecule has 4 nitrogen and oxygen atoms in total. The average molecular weight is 367 g/mol. The standard InChI is InChI=1S/C19H24F3N3O/c1-4-6-12-26-17-16(19(20,21)22)13-23-18(24-17)25(3)15-10-8-14(7-5-2)9-11-15/h8-11,13H,4-7,12H2,1-3H3. The Labute approximate surface area is 152 Å². The largest absolute Gasteiger partial charge is 0.477 e. The number of benzene rings is 1. The summed E-state index contributed by atoms with van der Waals surface area (Å²) in [6.45, 7) is 4.23. The molecule has 0 bridgehead atoms. The minimum Gasteiger partial charge on any atom is -0.477 e. The Morgan fingerprint density at radius 2 is 1.77 bits per heavy atom. The Morgan fingerprint density at radius 3 is 2.35 bits per heavy atom. The van der Waals surface area contributed by atoms with Gasteiger partial charge in [0.2, 0.25) is 11.8 Å². The van der Waals surface area contributed by atoms with Crippen LogP contribution in [0.4, 0.5) is 24.8 Å². The van der Waals surface area contributed by atoms with Crippen molar-refractivity contribution in [1.82, 2.24) is 9.97 Å². The third kappa shape index (κ3) is 5.09. The number of hydrogen-bond acceptors (Lipinski definition) is 4. The average Bonchev–Trinajstić information content (AvgIpc) is 2.61. The molecule has 0 aliphatic carbocycles. The molecule has 1 heterocycles. The van der Waals surface area contributed by atoms with E-state index in [1.165, 1.54) is 5.56 Å². The molecular formula is C19H24F3N3O. The first-order chi connectivity index (χ1) is 12.4. The van der Waals surface area contributed by atoms with E-state index in [0.717, 1.165) is 31.1 Å². The Bertz CT molecular complexity index is 702. The number of aryl methyl sites for hydroxylation is 1. The fraction of sp³-hybridized carbons (Fsp3) is 0.474. The lowest BCUT2D eigenvalue weighted by Crippen LogP contribution is -2.17. The third-order valence-corrected chi connectivity index (χ3v) is 3.95. The van der Waals surface area contributed by atoms with Crippen LogP contribution in [0.1, 0.15) is 44.2 Å². The second-order valence-corrected chi connectivity index (χ2v) is 6.06. The summed E-state index contributed by atoms with van der Waals surface area (Å²) in [6.07, 6.45) is -0.257. The van der Waals surface area contributed by atoms with Gasteiger partial charge in [0.1, 0.15) is 5.56 Å². The van der Waals surface area contributed by atoms with Crippen molar-refractivity contribution < 1.29 is 17.9 Å². The maximum atomic E-state index is 13.2. The molecule has 1 aromatic heterocycles. The van der Waals surface area contributed by atoms with Gasteiger partial charge in [-0.2, -0.15) is 18.2 Å². The lowest BCUT2D eigenvalue weighted by atomic mass is 10.1. The SMILES string of the molecule is CCCCOc1nc(N(C)c2ccc(CCC)cc2)ncc1C(F)(F)F. The molecule has 1 aromatic carbocycles. The summed E-state index contributed by atoms with van der Waals surface area (Å²) in [5.41, 5.74) is 1.05. The molecular weight excluding hydrogens is 343 g/mol. The molecule has 0 spiro atoms. The van der Waals surface area contributed by atoms with E-state index in [1.807, 2.05) is 31.2 Å². The quantitative estimate of drug-likeness (QED) is 0.586. The van der Waals surface area contributed by atoms with E-state index in [9.17, 15) is 13.2 Å². The maximum absolute atomic E-state index is 13.2. The number of ether oxygens (including phenoxy) is 1. The van der Waals surface area contributed by atoms with Gasteiger partial charge in [0, 0.05) is 18.9 Å². The van der Waals surface area contributed by atoms with Crippen LogP contribution in [-0.4, -0.2) is 23.6 Å². The number of rotatable bonds is 8. The van der Waals surface area contributed by atoms with E-state index >= 15 is 0 Å². The van der Waals surface area contributed by atoms with Crippen LogP contribution in [-0.2, 0) is 12.6 Å². The Balaban J connectivity index is 2.28. The second kappa shape index (κ2) is 8.87. The van der Waals surface area contributed by atoms with Gasteiger partial charge in [-0.15, -0.1) is 0 Å². The van der Waals surface area contributed by atoms with Crippen LogP contribution in [0.3, 0.4) is 0 Å². The van der Waals surface area contributed by atoms with Crippen molar-refractivity contribution in [3.05, 3.63) is 41.6 Å². The van der Waals surface area contributed by atoms with Gasteiger partial charge in [0.05, 0.1) is 6.61 Å². The highest BCUT2D eigenvalue weighted by Gasteiger charge is 2.36. The fourth-order valence-corrected chi connectivity index (χ4v) is 2.43. The van der Waals surface area contributed by atoms with Crippen molar-refractivity contribution in [2.24, 2.45) is 0 Å². The normalized spacial score (nSPS) is 11.5. The fourth-order valence-electron chi connectivity index (χ4n) is 2.43. The zero-order chi connectivity index (χ0) is 19.2. The molecule has 0 atom stereocenters. The second-order valence-electron chi connectivity index (χ2n) is 6.06. The zero-order valence-electron chi connectivity index (χ0n) is 15.3. The van der Waals surface area contributed by atoms with Crippen molar-refractivity contribution in [3.63, 3.8) is 0 Å². The summed E-state index contributed by atoms with van der Waals surface area (Å²) in [6, 6.07) is 7.81. The van der Waals surface area contributed by atoms with Crippen molar-refractivity contribution in [2.45, 2.75) is 45.7 Å². The first kappa shape index (κ1) is 20.0. The van der Waals surface area contributed by atoms with Crippen LogP contribution < -0.4 is 9.64 Å². The molecule has 0 saturated carbocycles. The lowest BCUT2D eigenvalue weighted by molar-refractivity contribution is -0.139. The van der Waals surface area contributed by atoms with E-state index in [1.54, 1.807) is 11.9 Å². The molecule has 0 unspecified atom stereocenters. The van der Waals surface area contributed by atoms with Gasteiger partial charge in [-0.1, -0.05) is 38.8 Å². The molecule has 26 heavy (non-hydrogen) atoms. The summed E-state index contributed by atoms with van der Waals surface area (Å²) < 4.78 is 44.8. The molecule has 0 aliphatic rings. The number of hydrogen-bond donors (Lipinski definition) is 0. The van der Waals surface area contributed by atoms with Gasteiger partial charge in [0.25, 0.3) is 0 Å². The number of aromatic nitrogens is 2. The van der Waals surface area contributed by atoms with Crippen molar-refractivity contribution in [2.75, 3.05) is 18.6 Å². The van der Waals surface area contributed by atoms with Gasteiger partial charge < -0.3 is 9.64 Å². The van der Waals surface area contributed by atoms with Crippen molar-refractivity contribution in [3.8, 4) is 5.88 Å². The summed E-state index contributed by atoms with van der Waals surface area (Å²) >= 11 is 0. The summed E-state index contributed by atoms with van der Waals surface area (Å²) in [7, 11) is 1.72. The van der Waals surface area contributed by atoms with Crippen LogP contribution in [0.25, 0.3) is 0 Å². The third-order valence-electron chi connectivity index (χ3n) is 3.95. The van der Waals surface area contributed by atoms with Gasteiger partial charge >= 0.3 is 6.18 Å². The maximum Gasteiger partial charge on any atom is 0.423 e. The topological polar surface area (TPSA) is 38.2 Å². The van der Waals surface area contributed by atoms with Crippen LogP contribution >= 0.6 is 0 Å². The highest BCUT2D eigenvalue weighted by atomic mass is 19.4. The van der Waals surface area contributed by atoms with E-state index in [4.69, 9.17) is 4.74 Å². The first-order valence-corrected chi connectivity index (χ1v) is 8.76. The molecule has 142 valence electrons. The van der Waals surface area contributed by atoms with E-state index in [2.05, 4.69) is 16.9 Å². The number of anilines is 2. The Hall–Kier alpha value is -2.31. The van der Waals surface area contributed by atoms with Gasteiger partial charge in [0.15, 0.2) is 0 Å². The highest BCUT2D eigenvalue weighted by Crippen LogP contribution is 2.36. The first-order valence-electron chi connectivity index (χ1n) is 8.76. The van der Waals surface area contributed by atoms with Crippen molar-refractivity contribution >= 4 is 11.6 Å².